The zero-order valence-electron chi connectivity index (χ0n) is 11.9. The van der Waals surface area contributed by atoms with E-state index in [1.54, 1.807) is 7.11 Å². The van der Waals surface area contributed by atoms with Crippen LogP contribution in [0.1, 0.15) is 19.8 Å². The predicted octanol–water partition coefficient (Wildman–Crippen LogP) is 2.77. The molecule has 2 rings (SSSR count). The van der Waals surface area contributed by atoms with E-state index in [2.05, 4.69) is 0 Å². The van der Waals surface area contributed by atoms with Gasteiger partial charge in [0.25, 0.3) is 0 Å². The van der Waals surface area contributed by atoms with E-state index in [1.165, 1.54) is 16.4 Å². The number of anilines is 1. The molecule has 0 amide bonds. The number of nitrogens with zero attached hydrogens (tertiary/aromatic N) is 1. The first-order valence-electron chi connectivity index (χ1n) is 6.50. The van der Waals surface area contributed by atoms with Crippen molar-refractivity contribution in [3.8, 4) is 0 Å². The van der Waals surface area contributed by atoms with Crippen LogP contribution in [0.25, 0.3) is 0 Å². The van der Waals surface area contributed by atoms with Gasteiger partial charge < -0.3 is 10.5 Å². The molecule has 1 fully saturated rings. The van der Waals surface area contributed by atoms with Gasteiger partial charge in [-0.2, -0.15) is 4.31 Å². The lowest BCUT2D eigenvalue weighted by Gasteiger charge is -2.38. The molecule has 1 atom stereocenters. The highest BCUT2D eigenvalue weighted by Gasteiger charge is 2.38. The number of ether oxygens (including phenoxy) is 1. The summed E-state index contributed by atoms with van der Waals surface area (Å²) in [6.07, 6.45) is 1.54. The molecule has 118 valence electrons. The summed E-state index contributed by atoms with van der Waals surface area (Å²) in [6, 6.07) is 2.82. The lowest BCUT2D eigenvalue weighted by molar-refractivity contribution is -0.0319. The molecular weight excluding hydrogens is 335 g/mol. The summed E-state index contributed by atoms with van der Waals surface area (Å²) in [7, 11) is -2.14. The van der Waals surface area contributed by atoms with E-state index in [0.717, 1.165) is 12.8 Å². The van der Waals surface area contributed by atoms with Crippen molar-refractivity contribution in [2.24, 2.45) is 0 Å². The van der Waals surface area contributed by atoms with Gasteiger partial charge in [0.15, 0.2) is 0 Å². The van der Waals surface area contributed by atoms with Crippen LogP contribution in [-0.4, -0.2) is 38.5 Å². The third kappa shape index (κ3) is 3.14. The fraction of sp³-hybridized carbons (Fsp3) is 0.538. The van der Waals surface area contributed by atoms with Crippen molar-refractivity contribution in [1.29, 1.82) is 0 Å². The van der Waals surface area contributed by atoms with Gasteiger partial charge in [0.2, 0.25) is 10.0 Å². The van der Waals surface area contributed by atoms with E-state index < -0.39 is 15.6 Å². The van der Waals surface area contributed by atoms with Gasteiger partial charge in [0.1, 0.15) is 4.90 Å². The zero-order valence-corrected chi connectivity index (χ0v) is 14.2. The largest absolute Gasteiger partial charge is 0.396 e. The van der Waals surface area contributed by atoms with Crippen LogP contribution < -0.4 is 5.73 Å². The molecule has 21 heavy (non-hydrogen) atoms. The first-order valence-corrected chi connectivity index (χ1v) is 8.70. The highest BCUT2D eigenvalue weighted by atomic mass is 35.5. The van der Waals surface area contributed by atoms with Gasteiger partial charge >= 0.3 is 0 Å². The summed E-state index contributed by atoms with van der Waals surface area (Å²) in [5, 5.41) is 0.200. The molecule has 1 aromatic carbocycles. The monoisotopic (exact) mass is 352 g/mol. The normalized spacial score (nSPS) is 24.2. The summed E-state index contributed by atoms with van der Waals surface area (Å²) in [5.74, 6) is 0. The summed E-state index contributed by atoms with van der Waals surface area (Å²) < 4.78 is 32.3. The fourth-order valence-corrected chi connectivity index (χ4v) is 4.75. The molecule has 0 saturated carbocycles. The zero-order chi connectivity index (χ0) is 15.8. The molecule has 2 N–H and O–H groups in total. The molecule has 0 bridgehead atoms. The molecule has 1 aliphatic rings. The first-order chi connectivity index (χ1) is 9.71. The third-order valence-corrected chi connectivity index (χ3v) is 6.56. The van der Waals surface area contributed by atoms with Crippen LogP contribution in [0.2, 0.25) is 10.0 Å². The van der Waals surface area contributed by atoms with Crippen molar-refractivity contribution in [3.63, 3.8) is 0 Å². The molecular formula is C13H18Cl2N2O3S. The van der Waals surface area contributed by atoms with Gasteiger partial charge in [0.05, 0.1) is 21.3 Å². The second-order valence-corrected chi connectivity index (χ2v) is 8.06. The van der Waals surface area contributed by atoms with Crippen LogP contribution in [0.5, 0.6) is 0 Å². The van der Waals surface area contributed by atoms with Gasteiger partial charge in [-0.1, -0.05) is 23.2 Å². The van der Waals surface area contributed by atoms with E-state index in [1.807, 2.05) is 6.92 Å². The third-order valence-electron chi connectivity index (χ3n) is 3.83. The Bertz CT molecular complexity index is 651. The smallest absolute Gasteiger partial charge is 0.244 e. The van der Waals surface area contributed by atoms with Crippen molar-refractivity contribution in [3.05, 3.63) is 22.2 Å². The van der Waals surface area contributed by atoms with Gasteiger partial charge in [-0.3, -0.25) is 0 Å². The van der Waals surface area contributed by atoms with Gasteiger partial charge in [0, 0.05) is 20.2 Å². The number of hydrogen-bond acceptors (Lipinski definition) is 4. The Kier molecular flexibility index (Phi) is 4.75. The molecule has 1 heterocycles. The Morgan fingerprint density at radius 2 is 2.05 bits per heavy atom. The van der Waals surface area contributed by atoms with Crippen molar-refractivity contribution >= 4 is 38.9 Å². The van der Waals surface area contributed by atoms with Crippen LogP contribution in [0.3, 0.4) is 0 Å². The van der Waals surface area contributed by atoms with E-state index in [9.17, 15) is 8.42 Å². The number of nitrogen functional groups attached to an aromatic ring is 1. The summed E-state index contributed by atoms with van der Waals surface area (Å²) in [4.78, 5) is -0.0218. The Morgan fingerprint density at radius 3 is 2.67 bits per heavy atom. The lowest BCUT2D eigenvalue weighted by Crippen LogP contribution is -2.49. The van der Waals surface area contributed by atoms with Crippen LogP contribution in [0.15, 0.2) is 17.0 Å². The molecule has 1 unspecified atom stereocenters. The second kappa shape index (κ2) is 5.93. The number of nitrogens with two attached hydrogens (primary N) is 1. The molecule has 5 nitrogen and oxygen atoms in total. The molecule has 8 heteroatoms. The number of piperidine rings is 1. The number of rotatable bonds is 3. The maximum absolute atomic E-state index is 12.8. The number of sulfonamides is 1. The van der Waals surface area contributed by atoms with Crippen LogP contribution >= 0.6 is 23.2 Å². The standard InChI is InChI=1S/C13H18Cl2N2O3S/c1-13(20-2)6-3-7-17(8-13)21(18,19)10-5-4-9(14)12(16)11(10)15/h4-5H,3,6-8,16H2,1-2H3. The second-order valence-electron chi connectivity index (χ2n) is 5.37. The molecule has 1 aliphatic heterocycles. The van der Waals surface area contributed by atoms with Crippen molar-refractivity contribution in [2.45, 2.75) is 30.3 Å². The molecule has 0 spiro atoms. The molecule has 0 radical (unpaired) electrons. The summed E-state index contributed by atoms with van der Waals surface area (Å²) in [5.41, 5.74) is 5.30. The minimum Gasteiger partial charge on any atom is -0.396 e. The number of benzene rings is 1. The van der Waals surface area contributed by atoms with Gasteiger partial charge in [-0.05, 0) is 31.9 Å². The van der Waals surface area contributed by atoms with Crippen molar-refractivity contribution < 1.29 is 13.2 Å². The molecule has 1 saturated heterocycles. The highest BCUT2D eigenvalue weighted by molar-refractivity contribution is 7.89. The van der Waals surface area contributed by atoms with E-state index in [-0.39, 0.29) is 27.2 Å². The average molecular weight is 353 g/mol. The Labute approximate surface area is 135 Å². The van der Waals surface area contributed by atoms with Crippen molar-refractivity contribution in [1.82, 2.24) is 4.31 Å². The summed E-state index contributed by atoms with van der Waals surface area (Å²) in [6.45, 7) is 2.61. The Balaban J connectivity index is 2.41. The average Bonchev–Trinajstić information content (AvgIpc) is 2.44. The SMILES string of the molecule is COC1(C)CCCN(S(=O)(=O)c2ccc(Cl)c(N)c2Cl)C1. The number of halogens is 2. The Hall–Kier alpha value is -0.530. The van der Waals surface area contributed by atoms with E-state index in [0.29, 0.717) is 6.54 Å². The van der Waals surface area contributed by atoms with E-state index in [4.69, 9.17) is 33.7 Å². The highest BCUT2D eigenvalue weighted by Crippen LogP contribution is 2.36. The quantitative estimate of drug-likeness (QED) is 0.848. The van der Waals surface area contributed by atoms with Gasteiger partial charge in [-0.25, -0.2) is 8.42 Å². The van der Waals surface area contributed by atoms with Gasteiger partial charge in [-0.15, -0.1) is 0 Å². The topological polar surface area (TPSA) is 72.6 Å². The fourth-order valence-electron chi connectivity index (χ4n) is 2.42. The Morgan fingerprint density at radius 1 is 1.38 bits per heavy atom. The minimum atomic E-state index is -3.73. The van der Waals surface area contributed by atoms with E-state index >= 15 is 0 Å². The maximum atomic E-state index is 12.8. The molecule has 1 aromatic rings. The maximum Gasteiger partial charge on any atom is 0.244 e. The number of hydrogen-bond donors (Lipinski definition) is 1. The first kappa shape index (κ1) is 16.8. The lowest BCUT2D eigenvalue weighted by atomic mass is 9.96. The van der Waals surface area contributed by atoms with Crippen molar-refractivity contribution in [2.75, 3.05) is 25.9 Å². The van der Waals surface area contributed by atoms with Crippen LogP contribution in [-0.2, 0) is 14.8 Å². The minimum absolute atomic E-state index is 0.0218. The van der Waals surface area contributed by atoms with Crippen LogP contribution in [0, 0.1) is 0 Å². The molecule has 0 aromatic heterocycles. The molecule has 0 aliphatic carbocycles. The van der Waals surface area contributed by atoms with Crippen LogP contribution in [0.4, 0.5) is 5.69 Å². The number of methoxy groups -OCH3 is 1. The summed E-state index contributed by atoms with van der Waals surface area (Å²) >= 11 is 11.9. The predicted molar refractivity (Wildman–Crippen MR) is 84.3 cm³/mol.